The molecule has 1 aromatic carbocycles. The van der Waals surface area contributed by atoms with Crippen LogP contribution in [0.2, 0.25) is 0 Å². The quantitative estimate of drug-likeness (QED) is 0.723. The Hall–Kier alpha value is -2.10. The Balaban J connectivity index is 2.30. The van der Waals surface area contributed by atoms with Gasteiger partial charge in [0.15, 0.2) is 0 Å². The molecule has 0 aliphatic carbocycles. The first-order chi connectivity index (χ1) is 7.77. The van der Waals surface area contributed by atoms with Gasteiger partial charge in [0.25, 0.3) is 0 Å². The van der Waals surface area contributed by atoms with E-state index < -0.39 is 0 Å². The van der Waals surface area contributed by atoms with Crippen LogP contribution in [-0.4, -0.2) is 14.8 Å². The van der Waals surface area contributed by atoms with Gasteiger partial charge in [-0.2, -0.15) is 5.10 Å². The van der Waals surface area contributed by atoms with Crippen molar-refractivity contribution in [2.75, 3.05) is 0 Å². The largest absolute Gasteiger partial charge is 0.347 e. The van der Waals surface area contributed by atoms with E-state index in [1.807, 2.05) is 24.3 Å². The smallest absolute Gasteiger partial charge is 0.253 e. The van der Waals surface area contributed by atoms with Crippen LogP contribution < -0.4 is 5.69 Å². The molecule has 1 N–H and O–H groups in total. The minimum Gasteiger partial charge on any atom is -0.253 e. The third kappa shape index (κ3) is 1.16. The van der Waals surface area contributed by atoms with Crippen molar-refractivity contribution in [3.63, 3.8) is 0 Å². The van der Waals surface area contributed by atoms with Crippen LogP contribution in [0, 0.1) is 0 Å². The molecule has 1 aromatic heterocycles. The molecule has 1 aliphatic rings. The Bertz CT molecular complexity index is 621. The zero-order chi connectivity index (χ0) is 11.1. The van der Waals surface area contributed by atoms with E-state index in [9.17, 15) is 4.79 Å². The first-order valence-electron chi connectivity index (χ1n) is 5.21. The van der Waals surface area contributed by atoms with Crippen molar-refractivity contribution in [3.05, 3.63) is 51.7 Å². The van der Waals surface area contributed by atoms with Crippen LogP contribution in [0.15, 0.2) is 29.1 Å². The summed E-state index contributed by atoms with van der Waals surface area (Å²) in [5.74, 6) is 0.872. The summed E-state index contributed by atoms with van der Waals surface area (Å²) in [6, 6.07) is 8.11. The first kappa shape index (κ1) is 9.15. The normalized spacial score (nSPS) is 17.7. The van der Waals surface area contributed by atoms with Crippen molar-refractivity contribution >= 4 is 12.3 Å². The topological polar surface area (TPSA) is 50.7 Å². The highest BCUT2D eigenvalue weighted by atomic mass is 16.1. The van der Waals surface area contributed by atoms with E-state index in [2.05, 4.69) is 23.2 Å². The highest BCUT2D eigenvalue weighted by molar-refractivity contribution is 5.66. The summed E-state index contributed by atoms with van der Waals surface area (Å²) in [6.45, 7) is 2.05. The monoisotopic (exact) mass is 213 g/mol. The van der Waals surface area contributed by atoms with Gasteiger partial charge in [-0.1, -0.05) is 31.2 Å². The second kappa shape index (κ2) is 3.20. The second-order valence-corrected chi connectivity index (χ2v) is 3.92. The highest BCUT2D eigenvalue weighted by Gasteiger charge is 2.20. The number of H-pyrrole nitrogens is 1. The molecule has 1 atom stereocenters. The minimum absolute atomic E-state index is 0.116. The van der Waals surface area contributed by atoms with Gasteiger partial charge in [-0.05, 0) is 17.2 Å². The van der Waals surface area contributed by atoms with Crippen LogP contribution in [0.1, 0.15) is 29.8 Å². The van der Waals surface area contributed by atoms with E-state index in [4.69, 9.17) is 0 Å². The van der Waals surface area contributed by atoms with E-state index >= 15 is 0 Å². The van der Waals surface area contributed by atoms with Crippen molar-refractivity contribution in [2.24, 2.45) is 0 Å². The molecule has 1 unspecified atom stereocenters. The highest BCUT2D eigenvalue weighted by Crippen LogP contribution is 2.28. The second-order valence-electron chi connectivity index (χ2n) is 3.92. The number of fused-ring (bicyclic) bond motifs is 2. The third-order valence-corrected chi connectivity index (χ3v) is 2.98. The molecular weight excluding hydrogens is 202 g/mol. The van der Waals surface area contributed by atoms with Crippen LogP contribution in [0.25, 0.3) is 12.3 Å². The van der Waals surface area contributed by atoms with Crippen LogP contribution in [0.5, 0.6) is 0 Å². The molecule has 4 nitrogen and oxygen atoms in total. The summed E-state index contributed by atoms with van der Waals surface area (Å²) in [7, 11) is 0. The van der Waals surface area contributed by atoms with E-state index in [-0.39, 0.29) is 11.6 Å². The fourth-order valence-corrected chi connectivity index (χ4v) is 2.12. The summed E-state index contributed by atoms with van der Waals surface area (Å²) in [5.41, 5.74) is 2.14. The third-order valence-electron chi connectivity index (χ3n) is 2.98. The predicted octanol–water partition coefficient (Wildman–Crippen LogP) is 1.66. The van der Waals surface area contributed by atoms with E-state index in [1.165, 1.54) is 5.56 Å². The van der Waals surface area contributed by atoms with Gasteiger partial charge in [0, 0.05) is 12.1 Å². The van der Waals surface area contributed by atoms with E-state index in [0.29, 0.717) is 0 Å². The summed E-state index contributed by atoms with van der Waals surface area (Å²) >= 11 is 0. The van der Waals surface area contributed by atoms with Gasteiger partial charge in [-0.3, -0.25) is 4.57 Å². The number of aromatic amines is 1. The maximum Gasteiger partial charge on any atom is 0.347 e. The Morgan fingerprint density at radius 2 is 2.19 bits per heavy atom. The van der Waals surface area contributed by atoms with Gasteiger partial charge >= 0.3 is 5.69 Å². The predicted molar refractivity (Wildman–Crippen MR) is 62.0 cm³/mol. The van der Waals surface area contributed by atoms with Gasteiger partial charge in [-0.15, -0.1) is 0 Å². The Labute approximate surface area is 92.2 Å². The molecule has 1 aliphatic heterocycles. The molecule has 2 aromatic rings. The van der Waals surface area contributed by atoms with Gasteiger partial charge in [0.2, 0.25) is 0 Å². The zero-order valence-corrected chi connectivity index (χ0v) is 8.84. The molecular formula is C12H11N3O. The lowest BCUT2D eigenvalue weighted by Gasteiger charge is -2.10. The summed E-state index contributed by atoms with van der Waals surface area (Å²) in [5, 5.41) is 6.54. The Morgan fingerprint density at radius 1 is 1.38 bits per heavy atom. The van der Waals surface area contributed by atoms with Crippen LogP contribution >= 0.6 is 0 Å². The summed E-state index contributed by atoms with van der Waals surface area (Å²) in [6.07, 6.45) is 3.71. The summed E-state index contributed by atoms with van der Waals surface area (Å²) < 4.78 is 1.56. The molecule has 3 rings (SSSR count). The lowest BCUT2D eigenvalue weighted by molar-refractivity contribution is 0.796. The SMILES string of the molecule is CC1c2ccccc2C=Cn2c1n[nH]c2=O. The molecule has 2 heterocycles. The maximum absolute atomic E-state index is 11.5. The number of aromatic nitrogens is 3. The molecule has 16 heavy (non-hydrogen) atoms. The lowest BCUT2D eigenvalue weighted by Crippen LogP contribution is -2.14. The molecule has 80 valence electrons. The number of benzene rings is 1. The zero-order valence-electron chi connectivity index (χ0n) is 8.84. The van der Waals surface area contributed by atoms with Crippen LogP contribution in [0.3, 0.4) is 0 Å². The fourth-order valence-electron chi connectivity index (χ4n) is 2.12. The first-order valence-corrected chi connectivity index (χ1v) is 5.21. The summed E-state index contributed by atoms with van der Waals surface area (Å²) in [4.78, 5) is 11.5. The molecule has 0 bridgehead atoms. The fraction of sp³-hybridized carbons (Fsp3) is 0.167. The number of hydrogen-bond acceptors (Lipinski definition) is 2. The minimum atomic E-state index is -0.189. The van der Waals surface area contributed by atoms with E-state index in [0.717, 1.165) is 11.4 Å². The molecule has 0 amide bonds. The van der Waals surface area contributed by atoms with Crippen molar-refractivity contribution in [3.8, 4) is 0 Å². The lowest BCUT2D eigenvalue weighted by atomic mass is 9.96. The molecule has 0 saturated carbocycles. The number of nitrogens with one attached hydrogen (secondary N) is 1. The van der Waals surface area contributed by atoms with Gasteiger partial charge in [0.05, 0.1) is 0 Å². The molecule has 0 spiro atoms. The van der Waals surface area contributed by atoms with Crippen LogP contribution in [0.4, 0.5) is 0 Å². The Kier molecular flexibility index (Phi) is 1.83. The molecule has 0 saturated heterocycles. The maximum atomic E-state index is 11.5. The van der Waals surface area contributed by atoms with E-state index in [1.54, 1.807) is 10.8 Å². The average molecular weight is 213 g/mol. The van der Waals surface area contributed by atoms with Crippen LogP contribution in [-0.2, 0) is 0 Å². The van der Waals surface area contributed by atoms with Crippen molar-refractivity contribution in [1.82, 2.24) is 14.8 Å². The van der Waals surface area contributed by atoms with Gasteiger partial charge in [0.1, 0.15) is 5.82 Å². The Morgan fingerprint density at radius 3 is 3.06 bits per heavy atom. The van der Waals surface area contributed by atoms with Crippen molar-refractivity contribution in [1.29, 1.82) is 0 Å². The number of nitrogens with zero attached hydrogens (tertiary/aromatic N) is 2. The number of rotatable bonds is 0. The average Bonchev–Trinajstić information content (AvgIpc) is 2.60. The standard InChI is InChI=1S/C12H11N3O/c1-8-10-5-3-2-4-9(10)6-7-15-11(8)13-14-12(15)16/h2-8H,1H3,(H,14,16). The van der Waals surface area contributed by atoms with Gasteiger partial charge < -0.3 is 0 Å². The van der Waals surface area contributed by atoms with Crippen molar-refractivity contribution < 1.29 is 0 Å². The molecule has 0 fully saturated rings. The molecule has 0 radical (unpaired) electrons. The molecule has 4 heteroatoms. The number of hydrogen-bond donors (Lipinski definition) is 1. The van der Waals surface area contributed by atoms with Gasteiger partial charge in [-0.25, -0.2) is 9.89 Å². The van der Waals surface area contributed by atoms with Crippen molar-refractivity contribution in [2.45, 2.75) is 12.8 Å².